The molecule has 9 heteroatoms. The van der Waals surface area contributed by atoms with Crippen molar-refractivity contribution in [2.24, 2.45) is 7.05 Å². The van der Waals surface area contributed by atoms with Crippen molar-refractivity contribution < 1.29 is 14.3 Å². The second kappa shape index (κ2) is 10.4. The van der Waals surface area contributed by atoms with Gasteiger partial charge in [0.25, 0.3) is 0 Å². The van der Waals surface area contributed by atoms with Crippen LogP contribution in [0.3, 0.4) is 0 Å². The smallest absolute Gasteiger partial charge is 0.234 e. The van der Waals surface area contributed by atoms with E-state index in [-0.39, 0.29) is 17.6 Å². The molecule has 2 amide bonds. The summed E-state index contributed by atoms with van der Waals surface area (Å²) >= 11 is 1.29. The van der Waals surface area contributed by atoms with Crippen LogP contribution in [-0.2, 0) is 23.1 Å². The number of ether oxygens (including phenoxy) is 1. The number of benzene rings is 2. The van der Waals surface area contributed by atoms with Gasteiger partial charge < -0.3 is 19.9 Å². The van der Waals surface area contributed by atoms with E-state index in [0.29, 0.717) is 35.3 Å². The van der Waals surface area contributed by atoms with Crippen LogP contribution >= 0.6 is 11.8 Å². The maximum Gasteiger partial charge on any atom is 0.234 e. The zero-order valence-corrected chi connectivity index (χ0v) is 17.6. The van der Waals surface area contributed by atoms with E-state index in [1.807, 2.05) is 49.5 Å². The van der Waals surface area contributed by atoms with Crippen LogP contribution < -0.4 is 15.4 Å². The normalized spacial score (nSPS) is 10.5. The first-order valence-electron chi connectivity index (χ1n) is 9.35. The molecule has 0 saturated heterocycles. The number of anilines is 2. The third-order valence-electron chi connectivity index (χ3n) is 4.24. The van der Waals surface area contributed by atoms with E-state index in [0.717, 1.165) is 5.69 Å². The summed E-state index contributed by atoms with van der Waals surface area (Å²) in [6, 6.07) is 16.5. The summed E-state index contributed by atoms with van der Waals surface area (Å²) in [6.45, 7) is 0. The van der Waals surface area contributed by atoms with E-state index in [1.165, 1.54) is 11.8 Å². The van der Waals surface area contributed by atoms with E-state index in [1.54, 1.807) is 23.8 Å². The Labute approximate surface area is 179 Å². The molecule has 0 aliphatic rings. The van der Waals surface area contributed by atoms with E-state index in [2.05, 4.69) is 20.8 Å². The molecule has 0 aliphatic carbocycles. The number of carbonyl (C=O) groups is 2. The fourth-order valence-electron chi connectivity index (χ4n) is 2.69. The lowest BCUT2D eigenvalue weighted by Gasteiger charge is -2.07. The molecule has 2 aromatic carbocycles. The number of nitrogens with zero attached hydrogens (tertiary/aromatic N) is 3. The van der Waals surface area contributed by atoms with Crippen LogP contribution in [0.1, 0.15) is 12.2 Å². The van der Waals surface area contributed by atoms with Crippen LogP contribution in [0, 0.1) is 0 Å². The second-order valence-corrected chi connectivity index (χ2v) is 7.38. The number of carbonyl (C=O) groups excluding carboxylic acids is 2. The van der Waals surface area contributed by atoms with Crippen LogP contribution in [-0.4, -0.2) is 39.4 Å². The van der Waals surface area contributed by atoms with Gasteiger partial charge >= 0.3 is 0 Å². The number of thioether (sulfide) groups is 1. The average Bonchev–Trinajstić information content (AvgIpc) is 3.11. The summed E-state index contributed by atoms with van der Waals surface area (Å²) in [6.07, 6.45) is 0.751. The molecular weight excluding hydrogens is 402 g/mol. The summed E-state index contributed by atoms with van der Waals surface area (Å²) in [5, 5.41) is 14.6. The molecule has 0 radical (unpaired) electrons. The largest absolute Gasteiger partial charge is 0.497 e. The highest BCUT2D eigenvalue weighted by atomic mass is 32.2. The molecule has 0 fully saturated rings. The molecule has 0 atom stereocenters. The number of rotatable bonds is 9. The number of hydrogen-bond donors (Lipinski definition) is 2. The summed E-state index contributed by atoms with van der Waals surface area (Å²) < 4.78 is 6.96. The van der Waals surface area contributed by atoms with Crippen LogP contribution in [0.15, 0.2) is 59.8 Å². The molecule has 3 aromatic rings. The fourth-order valence-corrected chi connectivity index (χ4v) is 3.42. The van der Waals surface area contributed by atoms with Crippen molar-refractivity contribution in [3.8, 4) is 5.75 Å². The third kappa shape index (κ3) is 6.08. The first kappa shape index (κ1) is 21.4. The molecule has 0 unspecified atom stereocenters. The van der Waals surface area contributed by atoms with E-state index in [9.17, 15) is 9.59 Å². The monoisotopic (exact) mass is 425 g/mol. The lowest BCUT2D eigenvalue weighted by molar-refractivity contribution is -0.116. The number of amides is 2. The molecule has 0 bridgehead atoms. The summed E-state index contributed by atoms with van der Waals surface area (Å²) in [4.78, 5) is 24.3. The Kier molecular flexibility index (Phi) is 7.45. The molecule has 0 spiro atoms. The summed E-state index contributed by atoms with van der Waals surface area (Å²) in [5.41, 5.74) is 1.43. The van der Waals surface area contributed by atoms with Gasteiger partial charge in [-0.2, -0.15) is 0 Å². The first-order valence-corrected chi connectivity index (χ1v) is 10.3. The summed E-state index contributed by atoms with van der Waals surface area (Å²) in [7, 11) is 3.40. The third-order valence-corrected chi connectivity index (χ3v) is 5.26. The standard InChI is InChI=1S/C21H23N5O3S/c1-26-18(11-12-19(27)22-15-7-4-3-5-8-15)24-25-21(26)30-14-20(28)23-16-9-6-10-17(13-16)29-2/h3-10,13H,11-12,14H2,1-2H3,(H,22,27)(H,23,28). The van der Waals surface area contributed by atoms with Gasteiger partial charge in [-0.15, -0.1) is 10.2 Å². The van der Waals surface area contributed by atoms with Gasteiger partial charge in [0.2, 0.25) is 11.8 Å². The Bertz CT molecular complexity index is 1010. The molecule has 3 rings (SSSR count). The molecular formula is C21H23N5O3S. The predicted octanol–water partition coefficient (Wildman–Crippen LogP) is 3.13. The quantitative estimate of drug-likeness (QED) is 0.511. The molecule has 1 heterocycles. The number of aryl methyl sites for hydroxylation is 1. The van der Waals surface area contributed by atoms with Gasteiger partial charge in [0, 0.05) is 37.3 Å². The van der Waals surface area contributed by atoms with Crippen molar-refractivity contribution in [1.82, 2.24) is 14.8 Å². The zero-order valence-electron chi connectivity index (χ0n) is 16.8. The minimum absolute atomic E-state index is 0.0870. The second-order valence-electron chi connectivity index (χ2n) is 6.44. The molecule has 0 aliphatic heterocycles. The van der Waals surface area contributed by atoms with Gasteiger partial charge in [-0.1, -0.05) is 36.0 Å². The van der Waals surface area contributed by atoms with Crippen LogP contribution in [0.4, 0.5) is 11.4 Å². The first-order chi connectivity index (χ1) is 14.5. The topological polar surface area (TPSA) is 98.1 Å². The van der Waals surface area contributed by atoms with Crippen molar-refractivity contribution in [2.45, 2.75) is 18.0 Å². The highest BCUT2D eigenvalue weighted by Crippen LogP contribution is 2.19. The molecule has 30 heavy (non-hydrogen) atoms. The summed E-state index contributed by atoms with van der Waals surface area (Å²) in [5.74, 6) is 1.32. The van der Waals surface area contributed by atoms with Crippen molar-refractivity contribution in [3.63, 3.8) is 0 Å². The van der Waals surface area contributed by atoms with Crippen LogP contribution in [0.25, 0.3) is 0 Å². The molecule has 8 nitrogen and oxygen atoms in total. The Morgan fingerprint density at radius 3 is 2.50 bits per heavy atom. The highest BCUT2D eigenvalue weighted by Gasteiger charge is 2.13. The average molecular weight is 426 g/mol. The Balaban J connectivity index is 1.47. The predicted molar refractivity (Wildman–Crippen MR) is 117 cm³/mol. The Morgan fingerprint density at radius 1 is 1.00 bits per heavy atom. The number of nitrogens with one attached hydrogen (secondary N) is 2. The zero-order chi connectivity index (χ0) is 21.3. The van der Waals surface area contributed by atoms with Gasteiger partial charge in [0.1, 0.15) is 11.6 Å². The van der Waals surface area contributed by atoms with Gasteiger partial charge in [0.15, 0.2) is 5.16 Å². The van der Waals surface area contributed by atoms with Gasteiger partial charge in [-0.05, 0) is 24.3 Å². The maximum absolute atomic E-state index is 12.2. The number of hydrogen-bond acceptors (Lipinski definition) is 6. The minimum atomic E-state index is -0.153. The van der Waals surface area contributed by atoms with E-state index < -0.39 is 0 Å². The highest BCUT2D eigenvalue weighted by molar-refractivity contribution is 7.99. The number of methoxy groups -OCH3 is 1. The minimum Gasteiger partial charge on any atom is -0.497 e. The van der Waals surface area contributed by atoms with Gasteiger partial charge in [-0.25, -0.2) is 0 Å². The van der Waals surface area contributed by atoms with Crippen LogP contribution in [0.2, 0.25) is 0 Å². The van der Waals surface area contributed by atoms with Crippen LogP contribution in [0.5, 0.6) is 5.75 Å². The van der Waals surface area contributed by atoms with Gasteiger partial charge in [-0.3, -0.25) is 9.59 Å². The van der Waals surface area contributed by atoms with Crippen molar-refractivity contribution in [2.75, 3.05) is 23.5 Å². The molecule has 0 saturated carbocycles. The lowest BCUT2D eigenvalue weighted by atomic mass is 10.2. The van der Waals surface area contributed by atoms with Gasteiger partial charge in [0.05, 0.1) is 12.9 Å². The Hall–Kier alpha value is -3.33. The number of para-hydroxylation sites is 1. The van der Waals surface area contributed by atoms with Crippen molar-refractivity contribution in [1.29, 1.82) is 0 Å². The Morgan fingerprint density at radius 2 is 1.73 bits per heavy atom. The lowest BCUT2D eigenvalue weighted by Crippen LogP contribution is -2.15. The molecule has 1 aromatic heterocycles. The number of aromatic nitrogens is 3. The fraction of sp³-hybridized carbons (Fsp3) is 0.238. The molecule has 2 N–H and O–H groups in total. The van der Waals surface area contributed by atoms with Crippen molar-refractivity contribution in [3.05, 3.63) is 60.4 Å². The molecule has 156 valence electrons. The maximum atomic E-state index is 12.2. The van der Waals surface area contributed by atoms with Crippen molar-refractivity contribution >= 4 is 35.0 Å². The SMILES string of the molecule is COc1cccc(NC(=O)CSc2nnc(CCC(=O)Nc3ccccc3)n2C)c1. The van der Waals surface area contributed by atoms with E-state index >= 15 is 0 Å². The van der Waals surface area contributed by atoms with E-state index in [4.69, 9.17) is 4.74 Å².